The first kappa shape index (κ1) is 24.8. The number of aromatic nitrogens is 2. The molecule has 0 aliphatic carbocycles. The van der Waals surface area contributed by atoms with Crippen LogP contribution in [0.3, 0.4) is 0 Å². The summed E-state index contributed by atoms with van der Waals surface area (Å²) in [6.45, 7) is 4.34. The Bertz CT molecular complexity index is 1090. The zero-order valence-corrected chi connectivity index (χ0v) is 18.3. The van der Waals surface area contributed by atoms with Gasteiger partial charge in [-0.2, -0.15) is 4.98 Å². The second kappa shape index (κ2) is 11.4. The van der Waals surface area contributed by atoms with Gasteiger partial charge in [0.2, 0.25) is 5.95 Å². The fourth-order valence-electron chi connectivity index (χ4n) is 3.46. The van der Waals surface area contributed by atoms with Crippen LogP contribution in [0, 0.1) is 22.9 Å². The normalized spacial score (nSPS) is 14.0. The molecule has 0 unspecified atom stereocenters. The number of rotatable bonds is 8. The Morgan fingerprint density at radius 1 is 1.09 bits per heavy atom. The third kappa shape index (κ3) is 6.84. The Hall–Kier alpha value is -3.81. The summed E-state index contributed by atoms with van der Waals surface area (Å²) in [4.78, 5) is 35.1. The van der Waals surface area contributed by atoms with E-state index in [0.717, 1.165) is 32.5 Å². The summed E-state index contributed by atoms with van der Waals surface area (Å²) in [6.07, 6.45) is 3.28. The van der Waals surface area contributed by atoms with Gasteiger partial charge in [0, 0.05) is 51.1 Å². The summed E-state index contributed by atoms with van der Waals surface area (Å²) in [7, 11) is 0. The molecule has 1 aliphatic heterocycles. The second-order valence-electron chi connectivity index (χ2n) is 7.64. The lowest BCUT2D eigenvalue weighted by atomic mass is 10.2. The molecule has 0 saturated carbocycles. The number of anilines is 3. The number of nitrogens with one attached hydrogen (secondary N) is 5. The van der Waals surface area contributed by atoms with Crippen LogP contribution in [0.2, 0.25) is 0 Å². The number of carbonyl (C=O) groups is 1. The highest BCUT2D eigenvalue weighted by Crippen LogP contribution is 2.18. The Labute approximate surface area is 193 Å². The molecule has 184 valence electrons. The van der Waals surface area contributed by atoms with E-state index >= 15 is 0 Å². The Kier molecular flexibility index (Phi) is 8.29. The average Bonchev–Trinajstić information content (AvgIpc) is 2.78. The summed E-state index contributed by atoms with van der Waals surface area (Å²) >= 11 is 0. The fourth-order valence-corrected chi connectivity index (χ4v) is 3.46. The molecular weight excluding hydrogens is 455 g/mol. The van der Waals surface area contributed by atoms with Crippen molar-refractivity contribution < 1.29 is 18.0 Å². The molecule has 34 heavy (non-hydrogen) atoms. The molecule has 1 saturated heterocycles. The van der Waals surface area contributed by atoms with E-state index in [1.54, 1.807) is 0 Å². The van der Waals surface area contributed by atoms with E-state index in [-0.39, 0.29) is 11.9 Å². The van der Waals surface area contributed by atoms with Crippen LogP contribution in [-0.4, -0.2) is 66.1 Å². The number of nitrogens with zero attached hydrogens (tertiary/aromatic N) is 3. The van der Waals surface area contributed by atoms with Crippen LogP contribution >= 0.6 is 0 Å². The van der Waals surface area contributed by atoms with E-state index < -0.39 is 34.7 Å². The number of hydrogen-bond acceptors (Lipinski definition) is 6. The van der Waals surface area contributed by atoms with Crippen LogP contribution in [-0.2, 0) is 0 Å². The molecule has 0 bridgehead atoms. The first-order valence-electron chi connectivity index (χ1n) is 10.6. The summed E-state index contributed by atoms with van der Waals surface area (Å²) in [6, 6.07) is -0.176. The highest BCUT2D eigenvalue weighted by atomic mass is 19.2. The summed E-state index contributed by atoms with van der Waals surface area (Å²) in [5.74, 6) is -4.08. The van der Waals surface area contributed by atoms with Crippen LogP contribution in [0.25, 0.3) is 0 Å². The molecule has 11 nitrogen and oxygen atoms in total. The lowest BCUT2D eigenvalue weighted by Gasteiger charge is -2.35. The number of amides is 2. The van der Waals surface area contributed by atoms with E-state index in [9.17, 15) is 22.8 Å². The van der Waals surface area contributed by atoms with Gasteiger partial charge in [-0.05, 0) is 19.4 Å². The first-order chi connectivity index (χ1) is 16.2. The molecule has 1 aromatic heterocycles. The lowest BCUT2D eigenvalue weighted by molar-refractivity contribution is 0.253. The monoisotopic (exact) mass is 481 g/mol. The highest BCUT2D eigenvalue weighted by Gasteiger charge is 2.20. The number of halogens is 3. The van der Waals surface area contributed by atoms with Crippen molar-refractivity contribution in [2.45, 2.75) is 12.8 Å². The minimum absolute atomic E-state index is 0.0357. The quantitative estimate of drug-likeness (QED) is 0.143. The number of hydrogen-bond donors (Lipinski definition) is 6. The van der Waals surface area contributed by atoms with E-state index in [1.807, 2.05) is 10.2 Å². The summed E-state index contributed by atoms with van der Waals surface area (Å²) in [5, 5.41) is 14.1. The van der Waals surface area contributed by atoms with Crippen molar-refractivity contribution in [1.82, 2.24) is 20.2 Å². The van der Waals surface area contributed by atoms with Gasteiger partial charge < -0.3 is 26.3 Å². The molecule has 2 heterocycles. The van der Waals surface area contributed by atoms with Gasteiger partial charge in [0.15, 0.2) is 17.6 Å². The van der Waals surface area contributed by atoms with E-state index in [2.05, 4.69) is 25.5 Å². The molecule has 14 heteroatoms. The lowest BCUT2D eigenvalue weighted by Crippen LogP contribution is -2.48. The minimum atomic E-state index is -1.38. The molecule has 0 atom stereocenters. The van der Waals surface area contributed by atoms with Gasteiger partial charge in [0.05, 0.1) is 5.69 Å². The van der Waals surface area contributed by atoms with Crippen molar-refractivity contribution >= 4 is 29.3 Å². The Morgan fingerprint density at radius 2 is 1.79 bits per heavy atom. The number of benzene rings is 1. The smallest absolute Gasteiger partial charge is 0.326 e. The van der Waals surface area contributed by atoms with Gasteiger partial charge >= 0.3 is 6.03 Å². The molecule has 0 spiro atoms. The number of urea groups is 1. The maximum atomic E-state index is 13.7. The molecule has 2 amide bonds. The topological polar surface area (TPSA) is 155 Å². The molecular formula is C20H26F3N9O2. The van der Waals surface area contributed by atoms with Crippen molar-refractivity contribution in [3.8, 4) is 0 Å². The highest BCUT2D eigenvalue weighted by molar-refractivity contribution is 5.98. The second-order valence-corrected chi connectivity index (χ2v) is 7.64. The molecule has 0 radical (unpaired) electrons. The molecule has 1 fully saturated rings. The van der Waals surface area contributed by atoms with Gasteiger partial charge in [-0.1, -0.05) is 0 Å². The first-order valence-corrected chi connectivity index (χ1v) is 10.6. The average molecular weight is 481 g/mol. The van der Waals surface area contributed by atoms with Crippen LogP contribution in [0.1, 0.15) is 12.8 Å². The van der Waals surface area contributed by atoms with Crippen molar-refractivity contribution in [1.29, 1.82) is 5.41 Å². The summed E-state index contributed by atoms with van der Waals surface area (Å²) < 4.78 is 39.9. The Balaban J connectivity index is 1.49. The third-order valence-electron chi connectivity index (χ3n) is 5.20. The standard InChI is InChI=1S/C20H26F3N9O2/c21-12-9-14(23)15(10-13(12)22)28-20(34)30-19-27-11-16(17(33)29-19)32-7-5-31(6-8-32)4-2-1-3-26-18(24)25/h9-11H,1-8H2,(H4,24,25,26)(H3,27,28,29,30,33,34). The molecule has 1 aliphatic rings. The van der Waals surface area contributed by atoms with Gasteiger partial charge in [-0.3, -0.25) is 20.4 Å². The number of piperazine rings is 1. The number of unbranched alkanes of at least 4 members (excludes halogenated alkanes) is 1. The van der Waals surface area contributed by atoms with Crippen LogP contribution in [0.5, 0.6) is 0 Å². The summed E-state index contributed by atoms with van der Waals surface area (Å²) in [5.41, 5.74) is 4.47. The predicted molar refractivity (Wildman–Crippen MR) is 122 cm³/mol. The van der Waals surface area contributed by atoms with E-state index in [0.29, 0.717) is 37.5 Å². The van der Waals surface area contributed by atoms with Crippen molar-refractivity contribution in [3.05, 3.63) is 46.1 Å². The minimum Gasteiger partial charge on any atom is -0.370 e. The van der Waals surface area contributed by atoms with Crippen molar-refractivity contribution in [2.24, 2.45) is 5.73 Å². The fraction of sp³-hybridized carbons (Fsp3) is 0.400. The van der Waals surface area contributed by atoms with Crippen LogP contribution < -0.4 is 32.1 Å². The number of nitrogens with two attached hydrogens (primary N) is 1. The van der Waals surface area contributed by atoms with Crippen molar-refractivity contribution in [2.75, 3.05) is 54.8 Å². The number of guanidine groups is 1. The third-order valence-corrected chi connectivity index (χ3v) is 5.20. The van der Waals surface area contributed by atoms with E-state index in [1.165, 1.54) is 6.20 Å². The molecule has 3 rings (SSSR count). The maximum Gasteiger partial charge on any atom is 0.326 e. The zero-order chi connectivity index (χ0) is 24.7. The van der Waals surface area contributed by atoms with Crippen molar-refractivity contribution in [3.63, 3.8) is 0 Å². The number of carbonyl (C=O) groups excluding carboxylic acids is 1. The van der Waals surface area contributed by atoms with Crippen LogP contribution in [0.4, 0.5) is 35.3 Å². The largest absolute Gasteiger partial charge is 0.370 e. The van der Waals surface area contributed by atoms with Gasteiger partial charge in [0.1, 0.15) is 11.5 Å². The zero-order valence-electron chi connectivity index (χ0n) is 18.3. The maximum absolute atomic E-state index is 13.7. The molecule has 2 aromatic rings. The van der Waals surface area contributed by atoms with Gasteiger partial charge in [-0.15, -0.1) is 0 Å². The SMILES string of the molecule is N=C(N)NCCCCN1CCN(c2c[nH]c(NC(=O)Nc3cc(F)c(F)cc3F)nc2=O)CC1. The van der Waals surface area contributed by atoms with Gasteiger partial charge in [-0.25, -0.2) is 18.0 Å². The van der Waals surface area contributed by atoms with E-state index in [4.69, 9.17) is 11.1 Å². The van der Waals surface area contributed by atoms with Crippen LogP contribution in [0.15, 0.2) is 23.1 Å². The van der Waals surface area contributed by atoms with Gasteiger partial charge in [0.25, 0.3) is 5.56 Å². The number of aromatic amines is 1. The number of H-pyrrole nitrogens is 1. The Morgan fingerprint density at radius 3 is 2.47 bits per heavy atom. The predicted octanol–water partition coefficient (Wildman–Crippen LogP) is 1.22. The molecule has 1 aromatic carbocycles. The molecule has 7 N–H and O–H groups in total.